The number of pyridine rings is 2. The Labute approximate surface area is 205 Å². The van der Waals surface area contributed by atoms with Crippen LogP contribution in [0.5, 0.6) is 0 Å². The zero-order chi connectivity index (χ0) is 23.8. The highest BCUT2D eigenvalue weighted by Crippen LogP contribution is 2.36. The van der Waals surface area contributed by atoms with Gasteiger partial charge in [-0.1, -0.05) is 37.0 Å². The maximum Gasteiger partial charge on any atom is 0.187 e. The fourth-order valence-electron chi connectivity index (χ4n) is 4.97. The van der Waals surface area contributed by atoms with E-state index in [1.165, 1.54) is 12.8 Å². The van der Waals surface area contributed by atoms with Crippen molar-refractivity contribution in [1.82, 2.24) is 24.8 Å². The van der Waals surface area contributed by atoms with Gasteiger partial charge in [-0.2, -0.15) is 0 Å². The molecule has 34 heavy (non-hydrogen) atoms. The van der Waals surface area contributed by atoms with Gasteiger partial charge in [0, 0.05) is 49.5 Å². The number of nitrogens with zero attached hydrogens (tertiary/aromatic N) is 5. The first-order valence-electron chi connectivity index (χ1n) is 12.0. The number of hydrogen-bond donors (Lipinski definition) is 1. The molecule has 1 saturated heterocycles. The van der Waals surface area contributed by atoms with Crippen molar-refractivity contribution < 1.29 is 0 Å². The van der Waals surface area contributed by atoms with E-state index in [1.54, 1.807) is 11.3 Å². The zero-order valence-corrected chi connectivity index (χ0v) is 21.2. The Kier molecular flexibility index (Phi) is 6.23. The highest BCUT2D eigenvalue weighted by Gasteiger charge is 2.24. The Morgan fingerprint density at radius 1 is 1.29 bits per heavy atom. The Hall–Kier alpha value is -3.03. The number of fused-ring (bicyclic) bond motifs is 2. The first-order valence-corrected chi connectivity index (χ1v) is 12.8. The molecule has 1 N–H and O–H groups in total. The number of H-pyrrole nitrogens is 1. The normalized spacial score (nSPS) is 15.9. The topological polar surface area (TPSA) is 60.9 Å². The number of likely N-dealkylation sites (tertiary alicyclic amines) is 1. The summed E-state index contributed by atoms with van der Waals surface area (Å²) in [6, 6.07) is 4.78. The zero-order valence-electron chi connectivity index (χ0n) is 20.4. The maximum absolute atomic E-state index is 5.07. The molecule has 4 aromatic rings. The highest BCUT2D eigenvalue weighted by molar-refractivity contribution is 7.21. The average Bonchev–Trinajstić information content (AvgIpc) is 3.51. The van der Waals surface area contributed by atoms with Crippen LogP contribution in [0.4, 0.5) is 5.13 Å². The van der Waals surface area contributed by atoms with Gasteiger partial charge in [0.05, 0.1) is 11.2 Å². The second-order valence-electron chi connectivity index (χ2n) is 8.99. The van der Waals surface area contributed by atoms with Crippen molar-refractivity contribution in [1.29, 1.82) is 0 Å². The molecule has 0 aromatic carbocycles. The molecule has 0 atom stereocenters. The first-order chi connectivity index (χ1) is 16.5. The van der Waals surface area contributed by atoms with Gasteiger partial charge in [-0.05, 0) is 56.5 Å². The van der Waals surface area contributed by atoms with Crippen molar-refractivity contribution in [3.8, 4) is 11.4 Å². The van der Waals surface area contributed by atoms with Gasteiger partial charge in [0.25, 0.3) is 0 Å². The van der Waals surface area contributed by atoms with Gasteiger partial charge in [0.15, 0.2) is 5.13 Å². The Balaban J connectivity index is 1.52. The highest BCUT2D eigenvalue weighted by atomic mass is 32.1. The molecular formula is C27H32N6S. The number of thiazole rings is 1. The van der Waals surface area contributed by atoms with E-state index in [0.717, 1.165) is 74.1 Å². The summed E-state index contributed by atoms with van der Waals surface area (Å²) in [6.07, 6.45) is 10.2. The van der Waals surface area contributed by atoms with Crippen molar-refractivity contribution in [2.75, 3.05) is 31.6 Å². The summed E-state index contributed by atoms with van der Waals surface area (Å²) in [5.41, 5.74) is 6.96. The minimum atomic E-state index is 0.530. The molecule has 0 radical (unpaired) electrons. The number of aromatic nitrogens is 4. The molecule has 4 aromatic heterocycles. The molecule has 0 bridgehead atoms. The number of aryl methyl sites for hydroxylation is 1. The summed E-state index contributed by atoms with van der Waals surface area (Å²) in [6.45, 7) is 13.8. The predicted molar refractivity (Wildman–Crippen MR) is 145 cm³/mol. The number of anilines is 1. The summed E-state index contributed by atoms with van der Waals surface area (Å²) in [5, 5.41) is 2.17. The van der Waals surface area contributed by atoms with Gasteiger partial charge in [0.2, 0.25) is 0 Å². The van der Waals surface area contributed by atoms with Crippen LogP contribution in [-0.4, -0.2) is 57.6 Å². The fraction of sp³-hybridized carbons (Fsp3) is 0.370. The van der Waals surface area contributed by atoms with Crippen molar-refractivity contribution in [2.45, 2.75) is 39.7 Å². The van der Waals surface area contributed by atoms with Crippen LogP contribution in [0.15, 0.2) is 43.3 Å². The summed E-state index contributed by atoms with van der Waals surface area (Å²) in [4.78, 5) is 24.1. The van der Waals surface area contributed by atoms with Crippen LogP contribution in [0, 0.1) is 6.92 Å². The van der Waals surface area contributed by atoms with Crippen molar-refractivity contribution in [3.63, 3.8) is 0 Å². The van der Waals surface area contributed by atoms with Crippen LogP contribution in [0.1, 0.15) is 37.8 Å². The van der Waals surface area contributed by atoms with E-state index in [2.05, 4.69) is 60.5 Å². The number of rotatable bonds is 6. The van der Waals surface area contributed by atoms with Gasteiger partial charge in [0.1, 0.15) is 16.0 Å². The van der Waals surface area contributed by atoms with Crippen LogP contribution >= 0.6 is 11.3 Å². The monoisotopic (exact) mass is 472 g/mol. The largest absolute Gasteiger partial charge is 0.359 e. The van der Waals surface area contributed by atoms with Gasteiger partial charge in [-0.3, -0.25) is 4.98 Å². The molecule has 0 spiro atoms. The number of allylic oxidation sites excluding steroid dienone is 3. The molecule has 6 nitrogen and oxygen atoms in total. The Bertz CT molecular complexity index is 1370. The quantitative estimate of drug-likeness (QED) is 0.346. The lowest BCUT2D eigenvalue weighted by atomic mass is 10.0. The van der Waals surface area contributed by atoms with E-state index in [9.17, 15) is 0 Å². The fourth-order valence-corrected chi connectivity index (χ4v) is 5.92. The first kappa shape index (κ1) is 22.7. The minimum Gasteiger partial charge on any atom is -0.359 e. The molecule has 5 rings (SSSR count). The molecule has 7 heteroatoms. The van der Waals surface area contributed by atoms with Gasteiger partial charge in [-0.15, -0.1) is 0 Å². The number of hydrogen-bond acceptors (Lipinski definition) is 6. The standard InChI is InChI=1S/C27H32N6S/c1-6-18(7-2)21-16-29-25(24-20(21)9-12-28-24)23-17(4)15-22-26(31-23)34-27(30-22)32(5)19-10-13-33(8-3)14-11-19/h6-7,9,12,15-16,19,28H,1,8,10-11,13-14H2,2-5H3/b18-7+. The second-order valence-corrected chi connectivity index (χ2v) is 9.94. The Morgan fingerprint density at radius 2 is 2.09 bits per heavy atom. The molecule has 176 valence electrons. The lowest BCUT2D eigenvalue weighted by Crippen LogP contribution is -2.43. The molecule has 1 fully saturated rings. The lowest BCUT2D eigenvalue weighted by Gasteiger charge is -2.36. The third-order valence-electron chi connectivity index (χ3n) is 7.08. The maximum atomic E-state index is 5.07. The smallest absolute Gasteiger partial charge is 0.187 e. The molecule has 0 amide bonds. The number of aromatic amines is 1. The molecule has 0 aliphatic carbocycles. The van der Waals surface area contributed by atoms with E-state index in [-0.39, 0.29) is 0 Å². The summed E-state index contributed by atoms with van der Waals surface area (Å²) in [5.74, 6) is 0. The molecule has 0 unspecified atom stereocenters. The van der Waals surface area contributed by atoms with E-state index in [4.69, 9.17) is 15.0 Å². The van der Waals surface area contributed by atoms with Crippen LogP contribution in [0.25, 0.3) is 38.2 Å². The average molecular weight is 473 g/mol. The summed E-state index contributed by atoms with van der Waals surface area (Å²) >= 11 is 1.68. The van der Waals surface area contributed by atoms with Gasteiger partial charge >= 0.3 is 0 Å². The van der Waals surface area contributed by atoms with Crippen LogP contribution in [0.3, 0.4) is 0 Å². The molecule has 1 aliphatic rings. The number of piperidine rings is 1. The summed E-state index contributed by atoms with van der Waals surface area (Å²) in [7, 11) is 2.18. The van der Waals surface area contributed by atoms with E-state index in [0.29, 0.717) is 6.04 Å². The van der Waals surface area contributed by atoms with Crippen molar-refractivity contribution in [3.05, 3.63) is 54.4 Å². The molecule has 1 aliphatic heterocycles. The lowest BCUT2D eigenvalue weighted by molar-refractivity contribution is 0.221. The van der Waals surface area contributed by atoms with Gasteiger partial charge < -0.3 is 14.8 Å². The van der Waals surface area contributed by atoms with Crippen LogP contribution < -0.4 is 4.90 Å². The summed E-state index contributed by atoms with van der Waals surface area (Å²) < 4.78 is 0. The number of nitrogens with one attached hydrogen (secondary N) is 1. The molecule has 5 heterocycles. The molecule has 0 saturated carbocycles. The second kappa shape index (κ2) is 9.31. The van der Waals surface area contributed by atoms with Crippen LogP contribution in [-0.2, 0) is 0 Å². The van der Waals surface area contributed by atoms with E-state index in [1.807, 2.05) is 25.4 Å². The minimum absolute atomic E-state index is 0.530. The van der Waals surface area contributed by atoms with Crippen molar-refractivity contribution in [2.24, 2.45) is 0 Å². The predicted octanol–water partition coefficient (Wildman–Crippen LogP) is 6.05. The van der Waals surface area contributed by atoms with E-state index < -0.39 is 0 Å². The van der Waals surface area contributed by atoms with Gasteiger partial charge in [-0.25, -0.2) is 9.97 Å². The third-order valence-corrected chi connectivity index (χ3v) is 8.14. The van der Waals surface area contributed by atoms with E-state index >= 15 is 0 Å². The molecular weight excluding hydrogens is 440 g/mol. The van der Waals surface area contributed by atoms with Crippen LogP contribution in [0.2, 0.25) is 0 Å². The Morgan fingerprint density at radius 3 is 2.79 bits per heavy atom. The third kappa shape index (κ3) is 3.93. The van der Waals surface area contributed by atoms with Crippen molar-refractivity contribution >= 4 is 43.3 Å². The SMILES string of the molecule is C=C/C(=C\C)c1cnc(-c2nc3sc(N(C)C4CCN(CC)CC4)nc3cc2C)c2[nH]ccc12.